The van der Waals surface area contributed by atoms with Gasteiger partial charge in [-0.2, -0.15) is 0 Å². The zero-order valence-corrected chi connectivity index (χ0v) is 12.8. The van der Waals surface area contributed by atoms with Crippen LogP contribution < -0.4 is 10.6 Å². The van der Waals surface area contributed by atoms with Gasteiger partial charge in [0.15, 0.2) is 0 Å². The van der Waals surface area contributed by atoms with E-state index in [-0.39, 0.29) is 24.1 Å². The van der Waals surface area contributed by atoms with Crippen molar-refractivity contribution in [2.24, 2.45) is 5.92 Å². The zero-order valence-electron chi connectivity index (χ0n) is 12.8. The third-order valence-electron chi connectivity index (χ3n) is 3.44. The number of carboxylic acid groups (broad SMARTS) is 1. The van der Waals surface area contributed by atoms with E-state index in [1.165, 1.54) is 12.1 Å². The van der Waals surface area contributed by atoms with Gasteiger partial charge in [-0.1, -0.05) is 25.5 Å². The maximum atomic E-state index is 11.7. The Morgan fingerprint density at radius 2 is 1.82 bits per heavy atom. The number of carboxylic acids is 1. The number of hydrogen-bond donors (Lipinski definition) is 4. The number of amides is 2. The van der Waals surface area contributed by atoms with Gasteiger partial charge in [0.1, 0.15) is 0 Å². The highest BCUT2D eigenvalue weighted by Gasteiger charge is 2.09. The fraction of sp³-hybridized carbons (Fsp3) is 0.500. The molecule has 0 aromatic heterocycles. The Bertz CT molecular complexity index is 468. The highest BCUT2D eigenvalue weighted by Crippen LogP contribution is 2.09. The SMILES string of the molecule is CCCC(CCO)CNC(=O)NCc1ccc(C(=O)O)cc1. The van der Waals surface area contributed by atoms with Crippen LogP contribution in [0.1, 0.15) is 42.1 Å². The summed E-state index contributed by atoms with van der Waals surface area (Å²) in [5, 5.41) is 23.3. The molecule has 0 saturated heterocycles. The van der Waals surface area contributed by atoms with Gasteiger partial charge < -0.3 is 20.8 Å². The van der Waals surface area contributed by atoms with Gasteiger partial charge in [-0.25, -0.2) is 9.59 Å². The summed E-state index contributed by atoms with van der Waals surface area (Å²) in [5.74, 6) is -0.682. The molecule has 1 unspecified atom stereocenters. The molecule has 122 valence electrons. The summed E-state index contributed by atoms with van der Waals surface area (Å²) in [5.41, 5.74) is 1.06. The van der Waals surface area contributed by atoms with Gasteiger partial charge in [-0.15, -0.1) is 0 Å². The van der Waals surface area contributed by atoms with Crippen LogP contribution in [0.3, 0.4) is 0 Å². The van der Waals surface area contributed by atoms with Gasteiger partial charge in [0.2, 0.25) is 0 Å². The first-order valence-electron chi connectivity index (χ1n) is 7.51. The topological polar surface area (TPSA) is 98.7 Å². The maximum Gasteiger partial charge on any atom is 0.335 e. The van der Waals surface area contributed by atoms with Gasteiger partial charge in [0.25, 0.3) is 0 Å². The first-order chi connectivity index (χ1) is 10.6. The first kappa shape index (κ1) is 18.0. The fourth-order valence-corrected chi connectivity index (χ4v) is 2.19. The van der Waals surface area contributed by atoms with Crippen molar-refractivity contribution in [1.29, 1.82) is 0 Å². The van der Waals surface area contributed by atoms with Crippen molar-refractivity contribution in [3.63, 3.8) is 0 Å². The van der Waals surface area contributed by atoms with Crippen molar-refractivity contribution in [3.05, 3.63) is 35.4 Å². The Morgan fingerprint density at radius 1 is 1.14 bits per heavy atom. The van der Waals surface area contributed by atoms with Crippen molar-refractivity contribution in [1.82, 2.24) is 10.6 Å². The van der Waals surface area contributed by atoms with Crippen molar-refractivity contribution >= 4 is 12.0 Å². The molecule has 4 N–H and O–H groups in total. The number of aromatic carboxylic acids is 1. The number of hydrogen-bond acceptors (Lipinski definition) is 3. The molecular formula is C16H24N2O4. The van der Waals surface area contributed by atoms with Crippen LogP contribution in [0.2, 0.25) is 0 Å². The van der Waals surface area contributed by atoms with E-state index in [1.807, 2.05) is 0 Å². The second kappa shape index (κ2) is 9.78. The molecule has 6 nitrogen and oxygen atoms in total. The molecule has 0 aliphatic carbocycles. The summed E-state index contributed by atoms with van der Waals surface area (Å²) in [6.07, 6.45) is 2.67. The summed E-state index contributed by atoms with van der Waals surface area (Å²) in [6, 6.07) is 6.11. The largest absolute Gasteiger partial charge is 0.478 e. The van der Waals surface area contributed by atoms with E-state index in [0.29, 0.717) is 19.5 Å². The van der Waals surface area contributed by atoms with Crippen LogP contribution >= 0.6 is 0 Å². The predicted molar refractivity (Wildman–Crippen MR) is 83.7 cm³/mol. The van der Waals surface area contributed by atoms with E-state index in [9.17, 15) is 9.59 Å². The fourth-order valence-electron chi connectivity index (χ4n) is 2.19. The van der Waals surface area contributed by atoms with Crippen LogP contribution in [0.4, 0.5) is 4.79 Å². The van der Waals surface area contributed by atoms with Gasteiger partial charge in [0.05, 0.1) is 5.56 Å². The molecule has 0 aliphatic heterocycles. The van der Waals surface area contributed by atoms with E-state index in [0.717, 1.165) is 18.4 Å². The zero-order chi connectivity index (χ0) is 16.4. The Hall–Kier alpha value is -2.08. The molecule has 2 amide bonds. The van der Waals surface area contributed by atoms with Crippen molar-refractivity contribution in [2.75, 3.05) is 13.2 Å². The number of urea groups is 1. The number of nitrogens with one attached hydrogen (secondary N) is 2. The standard InChI is InChI=1S/C16H24N2O4/c1-2-3-12(8-9-19)10-17-16(22)18-11-13-4-6-14(7-5-13)15(20)21/h4-7,12,19H,2-3,8-11H2,1H3,(H,20,21)(H2,17,18,22). The molecule has 1 aromatic rings. The average molecular weight is 308 g/mol. The van der Waals surface area contributed by atoms with Crippen LogP contribution in [0, 0.1) is 5.92 Å². The van der Waals surface area contributed by atoms with E-state index < -0.39 is 5.97 Å². The predicted octanol–water partition coefficient (Wildman–Crippen LogP) is 1.98. The molecule has 6 heteroatoms. The second-order valence-electron chi connectivity index (χ2n) is 5.23. The molecule has 0 fully saturated rings. The number of carbonyl (C=O) groups is 2. The minimum absolute atomic E-state index is 0.129. The van der Waals surface area contributed by atoms with E-state index in [2.05, 4.69) is 17.6 Å². The van der Waals surface area contributed by atoms with Crippen LogP contribution in [0.5, 0.6) is 0 Å². The minimum Gasteiger partial charge on any atom is -0.478 e. The highest BCUT2D eigenvalue weighted by atomic mass is 16.4. The summed E-state index contributed by atoms with van der Waals surface area (Å²) in [6.45, 7) is 3.08. The van der Waals surface area contributed by atoms with Crippen LogP contribution in [0.25, 0.3) is 0 Å². The second-order valence-corrected chi connectivity index (χ2v) is 5.23. The maximum absolute atomic E-state index is 11.7. The molecule has 0 heterocycles. The van der Waals surface area contributed by atoms with Gasteiger partial charge in [-0.3, -0.25) is 0 Å². The molecule has 0 spiro atoms. The molecule has 0 bridgehead atoms. The highest BCUT2D eigenvalue weighted by molar-refractivity contribution is 5.87. The third kappa shape index (κ3) is 6.58. The molecule has 0 saturated carbocycles. The molecule has 1 aromatic carbocycles. The normalized spacial score (nSPS) is 11.7. The molecule has 1 atom stereocenters. The molecule has 0 radical (unpaired) electrons. The van der Waals surface area contributed by atoms with Gasteiger partial charge in [-0.05, 0) is 36.5 Å². The molecule has 1 rings (SSSR count). The molecule has 22 heavy (non-hydrogen) atoms. The summed E-state index contributed by atoms with van der Waals surface area (Å²) >= 11 is 0. The van der Waals surface area contributed by atoms with E-state index >= 15 is 0 Å². The lowest BCUT2D eigenvalue weighted by atomic mass is 10.0. The quantitative estimate of drug-likeness (QED) is 0.560. The Labute approximate surface area is 130 Å². The number of rotatable bonds is 9. The summed E-state index contributed by atoms with van der Waals surface area (Å²) in [4.78, 5) is 22.5. The average Bonchev–Trinajstić information content (AvgIpc) is 2.51. The molecular weight excluding hydrogens is 284 g/mol. The Kier molecular flexibility index (Phi) is 7.99. The van der Waals surface area contributed by atoms with Crippen molar-refractivity contribution in [2.45, 2.75) is 32.7 Å². The van der Waals surface area contributed by atoms with Crippen LogP contribution in [-0.4, -0.2) is 35.4 Å². The van der Waals surface area contributed by atoms with Gasteiger partial charge >= 0.3 is 12.0 Å². The van der Waals surface area contributed by atoms with Crippen LogP contribution in [-0.2, 0) is 6.54 Å². The number of aliphatic hydroxyl groups excluding tert-OH is 1. The van der Waals surface area contributed by atoms with E-state index in [4.69, 9.17) is 10.2 Å². The smallest absolute Gasteiger partial charge is 0.335 e. The summed E-state index contributed by atoms with van der Waals surface area (Å²) in [7, 11) is 0. The Balaban J connectivity index is 2.34. The minimum atomic E-state index is -0.969. The number of carbonyl (C=O) groups excluding carboxylic acids is 1. The monoisotopic (exact) mass is 308 g/mol. The van der Waals surface area contributed by atoms with Crippen LogP contribution in [0.15, 0.2) is 24.3 Å². The first-order valence-corrected chi connectivity index (χ1v) is 7.51. The van der Waals surface area contributed by atoms with E-state index in [1.54, 1.807) is 12.1 Å². The van der Waals surface area contributed by atoms with Crippen molar-refractivity contribution in [3.8, 4) is 0 Å². The van der Waals surface area contributed by atoms with Gasteiger partial charge in [0, 0.05) is 19.7 Å². The Morgan fingerprint density at radius 3 is 2.36 bits per heavy atom. The van der Waals surface area contributed by atoms with Crippen molar-refractivity contribution < 1.29 is 19.8 Å². The lowest BCUT2D eigenvalue weighted by Gasteiger charge is -2.16. The number of benzene rings is 1. The summed E-state index contributed by atoms with van der Waals surface area (Å²) < 4.78 is 0. The lowest BCUT2D eigenvalue weighted by molar-refractivity contribution is 0.0697. The number of aliphatic hydroxyl groups is 1. The molecule has 0 aliphatic rings. The lowest BCUT2D eigenvalue weighted by Crippen LogP contribution is -2.38. The third-order valence-corrected chi connectivity index (χ3v) is 3.44.